The lowest BCUT2D eigenvalue weighted by Gasteiger charge is -2.30. The molecule has 0 saturated carbocycles. The van der Waals surface area contributed by atoms with Crippen molar-refractivity contribution >= 4 is 11.8 Å². The highest BCUT2D eigenvalue weighted by Gasteiger charge is 2.39. The summed E-state index contributed by atoms with van der Waals surface area (Å²) in [4.78, 5) is 30.3. The second-order valence-corrected chi connectivity index (χ2v) is 6.70. The number of carbonyl (C=O) groups excluding carboxylic acids is 2. The molecule has 0 aliphatic carbocycles. The number of hydrogen-bond acceptors (Lipinski definition) is 4. The summed E-state index contributed by atoms with van der Waals surface area (Å²) in [6, 6.07) is 0. The zero-order valence-electron chi connectivity index (χ0n) is 13.5. The number of amides is 2. The zero-order chi connectivity index (χ0) is 15.5. The van der Waals surface area contributed by atoms with E-state index in [0.717, 1.165) is 52.1 Å². The van der Waals surface area contributed by atoms with Crippen molar-refractivity contribution in [1.82, 2.24) is 20.0 Å². The smallest absolute Gasteiger partial charge is 0.236 e. The Morgan fingerprint density at radius 3 is 2.57 bits per heavy atom. The van der Waals surface area contributed by atoms with E-state index in [0.29, 0.717) is 6.54 Å². The minimum absolute atomic E-state index is 0.127. The molecule has 2 rings (SSSR count). The normalized spacial score (nSPS) is 27.5. The fraction of sp³-hybridized carbons (Fsp3) is 0.867. The van der Waals surface area contributed by atoms with Gasteiger partial charge in [-0.05, 0) is 26.3 Å². The first-order valence-electron chi connectivity index (χ1n) is 7.85. The summed E-state index contributed by atoms with van der Waals surface area (Å²) in [5.41, 5.74) is -0.241. The van der Waals surface area contributed by atoms with Crippen LogP contribution in [0.15, 0.2) is 0 Å². The van der Waals surface area contributed by atoms with Crippen LogP contribution in [0.5, 0.6) is 0 Å². The van der Waals surface area contributed by atoms with Crippen LogP contribution in [0.2, 0.25) is 0 Å². The zero-order valence-corrected chi connectivity index (χ0v) is 13.5. The van der Waals surface area contributed by atoms with Crippen LogP contribution in [0.25, 0.3) is 0 Å². The third-order valence-electron chi connectivity index (χ3n) is 4.62. The first-order valence-corrected chi connectivity index (χ1v) is 7.85. The molecule has 0 aromatic rings. The van der Waals surface area contributed by atoms with E-state index >= 15 is 0 Å². The van der Waals surface area contributed by atoms with Crippen molar-refractivity contribution in [2.75, 3.05) is 59.9 Å². The van der Waals surface area contributed by atoms with Crippen LogP contribution in [0, 0.1) is 5.41 Å². The van der Waals surface area contributed by atoms with Gasteiger partial charge in [-0.2, -0.15) is 0 Å². The maximum atomic E-state index is 12.7. The van der Waals surface area contributed by atoms with Crippen LogP contribution in [-0.4, -0.2) is 86.4 Å². The number of hydrogen-bond donors (Lipinski definition) is 1. The lowest BCUT2D eigenvalue weighted by molar-refractivity contribution is -0.140. The van der Waals surface area contributed by atoms with E-state index < -0.39 is 0 Å². The third-order valence-corrected chi connectivity index (χ3v) is 4.62. The molecule has 0 bridgehead atoms. The van der Waals surface area contributed by atoms with Gasteiger partial charge in [0.05, 0.1) is 12.0 Å². The number of carbonyl (C=O) groups is 2. The molecule has 1 unspecified atom stereocenters. The van der Waals surface area contributed by atoms with Crippen molar-refractivity contribution < 1.29 is 9.59 Å². The van der Waals surface area contributed by atoms with Crippen molar-refractivity contribution in [1.29, 1.82) is 0 Å². The summed E-state index contributed by atoms with van der Waals surface area (Å²) in [5, 5.41) is 3.29. The van der Waals surface area contributed by atoms with E-state index in [1.807, 2.05) is 4.90 Å². The fourth-order valence-corrected chi connectivity index (χ4v) is 3.05. The van der Waals surface area contributed by atoms with Crippen LogP contribution in [0.3, 0.4) is 0 Å². The highest BCUT2D eigenvalue weighted by molar-refractivity contribution is 5.83. The number of rotatable bonds is 3. The van der Waals surface area contributed by atoms with Gasteiger partial charge >= 0.3 is 0 Å². The summed E-state index contributed by atoms with van der Waals surface area (Å²) in [7, 11) is 3.56. The van der Waals surface area contributed by atoms with Crippen molar-refractivity contribution in [3.05, 3.63) is 0 Å². The number of nitrogens with one attached hydrogen (secondary N) is 1. The quantitative estimate of drug-likeness (QED) is 0.770. The summed E-state index contributed by atoms with van der Waals surface area (Å²) in [6.07, 6.45) is 1.86. The molecule has 2 amide bonds. The first-order chi connectivity index (χ1) is 9.92. The Labute approximate surface area is 127 Å². The molecular weight excluding hydrogens is 268 g/mol. The second-order valence-electron chi connectivity index (χ2n) is 6.70. The fourth-order valence-electron chi connectivity index (χ4n) is 3.05. The molecule has 21 heavy (non-hydrogen) atoms. The molecule has 1 N–H and O–H groups in total. The molecule has 2 aliphatic rings. The number of nitrogens with zero attached hydrogens (tertiary/aromatic N) is 3. The highest BCUT2D eigenvalue weighted by Crippen LogP contribution is 2.27. The summed E-state index contributed by atoms with van der Waals surface area (Å²) in [6.45, 7) is 7.44. The Morgan fingerprint density at radius 2 is 1.95 bits per heavy atom. The van der Waals surface area contributed by atoms with Crippen molar-refractivity contribution in [2.45, 2.75) is 19.8 Å². The Balaban J connectivity index is 1.88. The van der Waals surface area contributed by atoms with Gasteiger partial charge < -0.3 is 15.1 Å². The van der Waals surface area contributed by atoms with Crippen LogP contribution in [0.4, 0.5) is 0 Å². The summed E-state index contributed by atoms with van der Waals surface area (Å²) in [5.74, 6) is 0.398. The van der Waals surface area contributed by atoms with E-state index in [9.17, 15) is 9.59 Å². The van der Waals surface area contributed by atoms with Crippen LogP contribution >= 0.6 is 0 Å². The highest BCUT2D eigenvalue weighted by atomic mass is 16.2. The molecule has 0 spiro atoms. The lowest BCUT2D eigenvalue weighted by Crippen LogP contribution is -2.45. The third kappa shape index (κ3) is 3.95. The molecule has 6 heteroatoms. The van der Waals surface area contributed by atoms with Crippen LogP contribution < -0.4 is 5.32 Å². The van der Waals surface area contributed by atoms with E-state index in [4.69, 9.17) is 0 Å². The molecule has 2 aliphatic heterocycles. The Hall–Kier alpha value is -1.14. The van der Waals surface area contributed by atoms with Crippen molar-refractivity contribution in [2.24, 2.45) is 5.41 Å². The lowest BCUT2D eigenvalue weighted by atomic mass is 9.88. The first kappa shape index (κ1) is 16.2. The molecule has 1 atom stereocenters. The average molecular weight is 296 g/mol. The summed E-state index contributed by atoms with van der Waals surface area (Å²) >= 11 is 0. The van der Waals surface area contributed by atoms with Gasteiger partial charge in [0.2, 0.25) is 11.8 Å². The van der Waals surface area contributed by atoms with E-state index in [2.05, 4.69) is 17.1 Å². The van der Waals surface area contributed by atoms with Gasteiger partial charge in [-0.1, -0.05) is 0 Å². The van der Waals surface area contributed by atoms with Gasteiger partial charge in [0.15, 0.2) is 0 Å². The SMILES string of the molecule is CN(C)C(=O)CN1CCCN(C(=O)C2(C)CCNC2)CC1. The van der Waals surface area contributed by atoms with Gasteiger partial charge in [0, 0.05) is 46.8 Å². The van der Waals surface area contributed by atoms with Gasteiger partial charge in [-0.15, -0.1) is 0 Å². The van der Waals surface area contributed by atoms with Crippen LogP contribution in [-0.2, 0) is 9.59 Å². The predicted molar refractivity (Wildman–Crippen MR) is 81.9 cm³/mol. The summed E-state index contributed by atoms with van der Waals surface area (Å²) < 4.78 is 0. The van der Waals surface area contributed by atoms with Gasteiger partial charge in [0.1, 0.15) is 0 Å². The predicted octanol–water partition coefficient (Wildman–Crippen LogP) is -0.391. The monoisotopic (exact) mass is 296 g/mol. The molecule has 0 radical (unpaired) electrons. The molecule has 0 aromatic carbocycles. The molecule has 120 valence electrons. The van der Waals surface area contributed by atoms with Crippen LogP contribution in [0.1, 0.15) is 19.8 Å². The average Bonchev–Trinajstić information content (AvgIpc) is 2.76. The number of likely N-dealkylation sites (N-methyl/N-ethyl adjacent to an activating group) is 1. The molecular formula is C15H28N4O2. The Kier molecular flexibility index (Phi) is 5.22. The van der Waals surface area contributed by atoms with E-state index in [1.54, 1.807) is 19.0 Å². The standard InChI is InChI=1S/C15H28N4O2/c1-15(5-6-16-12-15)14(21)19-8-4-7-18(9-10-19)11-13(20)17(2)3/h16H,4-12H2,1-3H3. The van der Waals surface area contributed by atoms with Gasteiger partial charge in [-0.25, -0.2) is 0 Å². The molecule has 2 fully saturated rings. The van der Waals surface area contributed by atoms with E-state index in [-0.39, 0.29) is 17.2 Å². The minimum atomic E-state index is -0.241. The molecule has 2 saturated heterocycles. The van der Waals surface area contributed by atoms with Gasteiger partial charge in [-0.3, -0.25) is 14.5 Å². The maximum Gasteiger partial charge on any atom is 0.236 e. The van der Waals surface area contributed by atoms with Gasteiger partial charge in [0.25, 0.3) is 0 Å². The van der Waals surface area contributed by atoms with Crippen molar-refractivity contribution in [3.8, 4) is 0 Å². The van der Waals surface area contributed by atoms with Crippen molar-refractivity contribution in [3.63, 3.8) is 0 Å². The topological polar surface area (TPSA) is 55.9 Å². The molecule has 2 heterocycles. The van der Waals surface area contributed by atoms with E-state index in [1.165, 1.54) is 0 Å². The Bertz CT molecular complexity index is 391. The molecule has 6 nitrogen and oxygen atoms in total. The second kappa shape index (κ2) is 6.75. The minimum Gasteiger partial charge on any atom is -0.348 e. The largest absolute Gasteiger partial charge is 0.348 e. The molecule has 0 aromatic heterocycles. The maximum absolute atomic E-state index is 12.7. The Morgan fingerprint density at radius 1 is 1.19 bits per heavy atom.